The molecule has 1 N–H and O–H groups in total. The summed E-state index contributed by atoms with van der Waals surface area (Å²) in [6.07, 6.45) is 3.54. The van der Waals surface area contributed by atoms with Crippen LogP contribution < -0.4 is 5.32 Å². The second kappa shape index (κ2) is 5.15. The maximum Gasteiger partial charge on any atom is 0.254 e. The Labute approximate surface area is 124 Å². The van der Waals surface area contributed by atoms with Gasteiger partial charge in [0.25, 0.3) is 5.91 Å². The van der Waals surface area contributed by atoms with E-state index in [1.807, 2.05) is 35.2 Å². The van der Waals surface area contributed by atoms with Crippen LogP contribution in [0.25, 0.3) is 10.8 Å². The maximum absolute atomic E-state index is 12.9. The van der Waals surface area contributed by atoms with Gasteiger partial charge < -0.3 is 10.2 Å². The van der Waals surface area contributed by atoms with E-state index in [1.54, 1.807) is 0 Å². The van der Waals surface area contributed by atoms with Crippen molar-refractivity contribution in [2.24, 2.45) is 0 Å². The molecule has 2 aromatic rings. The second-order valence-electron chi connectivity index (χ2n) is 6.20. The molecule has 21 heavy (non-hydrogen) atoms. The first-order chi connectivity index (χ1) is 10.3. The summed E-state index contributed by atoms with van der Waals surface area (Å²) in [5.41, 5.74) is 0.839. The Hall–Kier alpha value is -1.87. The van der Waals surface area contributed by atoms with Gasteiger partial charge in [0, 0.05) is 30.7 Å². The third kappa shape index (κ3) is 2.32. The molecule has 2 aliphatic heterocycles. The van der Waals surface area contributed by atoms with Gasteiger partial charge in [-0.05, 0) is 36.1 Å². The SMILES string of the molecule is O=C(c1cccc2ccccc12)N1CCC2CCC(C1)N2. The third-order valence-electron chi connectivity index (χ3n) is 4.83. The quantitative estimate of drug-likeness (QED) is 0.871. The Morgan fingerprint density at radius 3 is 2.76 bits per heavy atom. The summed E-state index contributed by atoms with van der Waals surface area (Å²) in [6.45, 7) is 1.72. The predicted octanol–water partition coefficient (Wildman–Crippen LogP) is 2.81. The van der Waals surface area contributed by atoms with Gasteiger partial charge in [-0.25, -0.2) is 0 Å². The molecule has 3 heteroatoms. The van der Waals surface area contributed by atoms with E-state index in [1.165, 1.54) is 12.8 Å². The smallest absolute Gasteiger partial charge is 0.254 e. The zero-order valence-corrected chi connectivity index (χ0v) is 12.1. The van der Waals surface area contributed by atoms with E-state index < -0.39 is 0 Å². The van der Waals surface area contributed by atoms with Crippen molar-refractivity contribution in [3.8, 4) is 0 Å². The first kappa shape index (κ1) is 12.8. The van der Waals surface area contributed by atoms with E-state index in [0.717, 1.165) is 35.8 Å². The lowest BCUT2D eigenvalue weighted by Crippen LogP contribution is -2.39. The average Bonchev–Trinajstić information content (AvgIpc) is 2.85. The third-order valence-corrected chi connectivity index (χ3v) is 4.83. The Balaban J connectivity index is 1.67. The largest absolute Gasteiger partial charge is 0.337 e. The highest BCUT2D eigenvalue weighted by molar-refractivity contribution is 6.07. The maximum atomic E-state index is 12.9. The fourth-order valence-electron chi connectivity index (χ4n) is 3.71. The number of benzene rings is 2. The molecule has 0 radical (unpaired) electrons. The minimum absolute atomic E-state index is 0.182. The van der Waals surface area contributed by atoms with Gasteiger partial charge >= 0.3 is 0 Å². The molecule has 1 amide bonds. The number of carbonyl (C=O) groups excluding carboxylic acids is 1. The molecule has 0 aromatic heterocycles. The Kier molecular flexibility index (Phi) is 3.15. The normalized spacial score (nSPS) is 25.0. The highest BCUT2D eigenvalue weighted by Gasteiger charge is 2.31. The van der Waals surface area contributed by atoms with Crippen LogP contribution in [-0.2, 0) is 0 Å². The summed E-state index contributed by atoms with van der Waals surface area (Å²) >= 11 is 0. The molecule has 2 fully saturated rings. The average molecular weight is 280 g/mol. The van der Waals surface area contributed by atoms with Gasteiger partial charge in [-0.1, -0.05) is 36.4 Å². The minimum Gasteiger partial charge on any atom is -0.337 e. The number of hydrogen-bond donors (Lipinski definition) is 1. The molecule has 0 aliphatic carbocycles. The van der Waals surface area contributed by atoms with E-state index >= 15 is 0 Å². The number of rotatable bonds is 1. The van der Waals surface area contributed by atoms with E-state index in [0.29, 0.717) is 12.1 Å². The summed E-state index contributed by atoms with van der Waals surface area (Å²) in [7, 11) is 0. The van der Waals surface area contributed by atoms with E-state index in [2.05, 4.69) is 17.4 Å². The van der Waals surface area contributed by atoms with Crippen LogP contribution >= 0.6 is 0 Å². The zero-order valence-electron chi connectivity index (χ0n) is 12.1. The predicted molar refractivity (Wildman–Crippen MR) is 84.4 cm³/mol. The summed E-state index contributed by atoms with van der Waals surface area (Å²) in [4.78, 5) is 15.0. The number of likely N-dealkylation sites (tertiary alicyclic amines) is 1. The van der Waals surface area contributed by atoms with Crippen molar-refractivity contribution >= 4 is 16.7 Å². The van der Waals surface area contributed by atoms with E-state index in [9.17, 15) is 4.79 Å². The van der Waals surface area contributed by atoms with Gasteiger partial charge in [0.05, 0.1) is 0 Å². The van der Waals surface area contributed by atoms with Crippen LogP contribution in [0.3, 0.4) is 0 Å². The molecule has 2 heterocycles. The van der Waals surface area contributed by atoms with Crippen molar-refractivity contribution in [1.82, 2.24) is 10.2 Å². The topological polar surface area (TPSA) is 32.3 Å². The lowest BCUT2D eigenvalue weighted by atomic mass is 10.0. The van der Waals surface area contributed by atoms with Gasteiger partial charge in [-0.15, -0.1) is 0 Å². The van der Waals surface area contributed by atoms with Gasteiger partial charge in [0.1, 0.15) is 0 Å². The van der Waals surface area contributed by atoms with Crippen molar-refractivity contribution in [3.63, 3.8) is 0 Å². The van der Waals surface area contributed by atoms with Crippen molar-refractivity contribution < 1.29 is 4.79 Å². The van der Waals surface area contributed by atoms with Gasteiger partial charge in [-0.2, -0.15) is 0 Å². The van der Waals surface area contributed by atoms with Gasteiger partial charge in [-0.3, -0.25) is 4.79 Å². The molecule has 2 bridgehead atoms. The van der Waals surface area contributed by atoms with Crippen molar-refractivity contribution in [1.29, 1.82) is 0 Å². The molecule has 0 saturated carbocycles. The van der Waals surface area contributed by atoms with Crippen molar-refractivity contribution in [3.05, 3.63) is 48.0 Å². The number of fused-ring (bicyclic) bond motifs is 3. The van der Waals surface area contributed by atoms with Gasteiger partial charge in [0.2, 0.25) is 0 Å². The van der Waals surface area contributed by atoms with Crippen LogP contribution in [0.15, 0.2) is 42.5 Å². The molecule has 2 unspecified atom stereocenters. The number of amides is 1. The number of hydrogen-bond acceptors (Lipinski definition) is 2. The standard InChI is InChI=1S/C18H20N2O/c21-18(20-11-10-14-8-9-15(12-20)19-14)17-7-3-5-13-4-1-2-6-16(13)17/h1-7,14-15,19H,8-12H2. The minimum atomic E-state index is 0.182. The highest BCUT2D eigenvalue weighted by Crippen LogP contribution is 2.24. The van der Waals surface area contributed by atoms with E-state index in [-0.39, 0.29) is 5.91 Å². The second-order valence-corrected chi connectivity index (χ2v) is 6.20. The molecule has 2 aliphatic rings. The fraction of sp³-hybridized carbons (Fsp3) is 0.389. The first-order valence-corrected chi connectivity index (χ1v) is 7.84. The number of nitrogens with one attached hydrogen (secondary N) is 1. The summed E-state index contributed by atoms with van der Waals surface area (Å²) < 4.78 is 0. The van der Waals surface area contributed by atoms with Crippen molar-refractivity contribution in [2.75, 3.05) is 13.1 Å². The fourth-order valence-corrected chi connectivity index (χ4v) is 3.71. The molecule has 3 nitrogen and oxygen atoms in total. The highest BCUT2D eigenvalue weighted by atomic mass is 16.2. The first-order valence-electron chi connectivity index (χ1n) is 7.84. The van der Waals surface area contributed by atoms with Crippen molar-refractivity contribution in [2.45, 2.75) is 31.3 Å². The number of nitrogens with zero attached hydrogens (tertiary/aromatic N) is 1. The van der Waals surface area contributed by atoms with Gasteiger partial charge in [0.15, 0.2) is 0 Å². The van der Waals surface area contributed by atoms with Crippen LogP contribution in [0.4, 0.5) is 0 Å². The Bertz CT molecular complexity index is 676. The molecule has 4 rings (SSSR count). The number of carbonyl (C=O) groups is 1. The molecule has 2 saturated heterocycles. The summed E-state index contributed by atoms with van der Waals surface area (Å²) in [5.74, 6) is 0.182. The molecule has 108 valence electrons. The molecule has 2 atom stereocenters. The zero-order chi connectivity index (χ0) is 14.2. The molecular weight excluding hydrogens is 260 g/mol. The molecule has 2 aromatic carbocycles. The van der Waals surface area contributed by atoms with Crippen LogP contribution in [0.1, 0.15) is 29.6 Å². The Morgan fingerprint density at radius 2 is 1.81 bits per heavy atom. The molecular formula is C18H20N2O. The van der Waals surface area contributed by atoms with Crippen LogP contribution in [0.2, 0.25) is 0 Å². The van der Waals surface area contributed by atoms with E-state index in [4.69, 9.17) is 0 Å². The summed E-state index contributed by atoms with van der Waals surface area (Å²) in [5, 5.41) is 5.83. The summed E-state index contributed by atoms with van der Waals surface area (Å²) in [6, 6.07) is 15.2. The monoisotopic (exact) mass is 280 g/mol. The lowest BCUT2D eigenvalue weighted by molar-refractivity contribution is 0.0750. The van der Waals surface area contributed by atoms with Crippen LogP contribution in [-0.4, -0.2) is 36.0 Å². The van der Waals surface area contributed by atoms with Crippen LogP contribution in [0, 0.1) is 0 Å². The Morgan fingerprint density at radius 1 is 1.00 bits per heavy atom. The molecule has 0 spiro atoms. The lowest BCUT2D eigenvalue weighted by Gasteiger charge is -2.25. The van der Waals surface area contributed by atoms with Crippen LogP contribution in [0.5, 0.6) is 0 Å².